The molecule has 1 aliphatic rings. The number of hydrogen-bond donors (Lipinski definition) is 3. The van der Waals surface area contributed by atoms with E-state index in [-0.39, 0.29) is 5.75 Å². The SMILES string of the molecule is CC1CC1CNC(=O)N(CC(=O)O)c1ccc(O)cc1. The molecule has 2 atom stereocenters. The highest BCUT2D eigenvalue weighted by atomic mass is 16.4. The average Bonchev–Trinajstić information content (AvgIpc) is 3.10. The van der Waals surface area contributed by atoms with E-state index in [1.165, 1.54) is 24.3 Å². The van der Waals surface area contributed by atoms with Gasteiger partial charge in [-0.15, -0.1) is 0 Å². The summed E-state index contributed by atoms with van der Waals surface area (Å²) in [7, 11) is 0. The van der Waals surface area contributed by atoms with E-state index in [0.717, 1.165) is 11.3 Å². The van der Waals surface area contributed by atoms with Crippen molar-refractivity contribution in [3.05, 3.63) is 24.3 Å². The average molecular weight is 278 g/mol. The first-order chi connectivity index (χ1) is 9.47. The van der Waals surface area contributed by atoms with Crippen LogP contribution in [0.3, 0.4) is 0 Å². The van der Waals surface area contributed by atoms with Gasteiger partial charge in [-0.3, -0.25) is 9.69 Å². The van der Waals surface area contributed by atoms with Crippen molar-refractivity contribution < 1.29 is 19.8 Å². The predicted octanol–water partition coefficient (Wildman–Crippen LogP) is 1.65. The molecule has 0 spiro atoms. The summed E-state index contributed by atoms with van der Waals surface area (Å²) >= 11 is 0. The summed E-state index contributed by atoms with van der Waals surface area (Å²) in [6.07, 6.45) is 1.10. The van der Waals surface area contributed by atoms with Crippen LogP contribution in [0, 0.1) is 11.8 Å². The van der Waals surface area contributed by atoms with Gasteiger partial charge in [0.15, 0.2) is 0 Å². The normalized spacial score (nSPS) is 20.2. The Morgan fingerprint density at radius 2 is 1.95 bits per heavy atom. The van der Waals surface area contributed by atoms with Crippen LogP contribution >= 0.6 is 0 Å². The summed E-state index contributed by atoms with van der Waals surface area (Å²) < 4.78 is 0. The quantitative estimate of drug-likeness (QED) is 0.764. The summed E-state index contributed by atoms with van der Waals surface area (Å²) in [4.78, 5) is 24.1. The summed E-state index contributed by atoms with van der Waals surface area (Å²) in [5.74, 6) is 0.0894. The summed E-state index contributed by atoms with van der Waals surface area (Å²) in [6, 6.07) is 5.42. The topological polar surface area (TPSA) is 89.9 Å². The third kappa shape index (κ3) is 3.63. The van der Waals surface area contributed by atoms with Crippen LogP contribution in [0.4, 0.5) is 10.5 Å². The van der Waals surface area contributed by atoms with Crippen LogP contribution in [0.2, 0.25) is 0 Å². The molecule has 0 saturated heterocycles. The highest BCUT2D eigenvalue weighted by Gasteiger charge is 2.33. The number of anilines is 1. The molecule has 1 saturated carbocycles. The fraction of sp³-hybridized carbons (Fsp3) is 0.429. The van der Waals surface area contributed by atoms with Gasteiger partial charge in [-0.2, -0.15) is 0 Å². The smallest absolute Gasteiger partial charge is 0.323 e. The van der Waals surface area contributed by atoms with Gasteiger partial charge < -0.3 is 15.5 Å². The number of carboxylic acid groups (broad SMARTS) is 1. The Morgan fingerprint density at radius 1 is 1.35 bits per heavy atom. The third-order valence-electron chi connectivity index (χ3n) is 3.49. The summed E-state index contributed by atoms with van der Waals surface area (Å²) in [5, 5.41) is 20.9. The maximum Gasteiger partial charge on any atom is 0.323 e. The van der Waals surface area contributed by atoms with E-state index in [1.807, 2.05) is 0 Å². The molecule has 2 rings (SSSR count). The molecule has 0 aromatic heterocycles. The van der Waals surface area contributed by atoms with Crippen LogP contribution in [0.25, 0.3) is 0 Å². The Bertz CT molecular complexity index is 500. The molecule has 20 heavy (non-hydrogen) atoms. The van der Waals surface area contributed by atoms with E-state index >= 15 is 0 Å². The molecule has 0 aliphatic heterocycles. The predicted molar refractivity (Wildman–Crippen MR) is 73.8 cm³/mol. The minimum absolute atomic E-state index is 0.0660. The van der Waals surface area contributed by atoms with Gasteiger partial charge in [0.05, 0.1) is 0 Å². The number of phenolic OH excluding ortho intramolecular Hbond substituents is 1. The zero-order valence-corrected chi connectivity index (χ0v) is 11.2. The van der Waals surface area contributed by atoms with E-state index in [0.29, 0.717) is 24.1 Å². The Kier molecular flexibility index (Phi) is 4.12. The zero-order valence-electron chi connectivity index (χ0n) is 11.2. The minimum atomic E-state index is -1.09. The second kappa shape index (κ2) is 5.81. The molecule has 108 valence electrons. The lowest BCUT2D eigenvalue weighted by Gasteiger charge is -2.21. The third-order valence-corrected chi connectivity index (χ3v) is 3.49. The number of phenols is 1. The minimum Gasteiger partial charge on any atom is -0.508 e. The fourth-order valence-corrected chi connectivity index (χ4v) is 2.05. The molecule has 2 amide bonds. The number of aliphatic carboxylic acids is 1. The Morgan fingerprint density at radius 3 is 2.45 bits per heavy atom. The monoisotopic (exact) mass is 278 g/mol. The van der Waals surface area contributed by atoms with Crippen LogP contribution < -0.4 is 10.2 Å². The van der Waals surface area contributed by atoms with Gasteiger partial charge in [-0.05, 0) is 42.5 Å². The lowest BCUT2D eigenvalue weighted by atomic mass is 10.2. The summed E-state index contributed by atoms with van der Waals surface area (Å²) in [6.45, 7) is 2.26. The van der Waals surface area contributed by atoms with Crippen molar-refractivity contribution in [2.75, 3.05) is 18.0 Å². The molecular weight excluding hydrogens is 260 g/mol. The standard InChI is InChI=1S/C14H18N2O4/c1-9-6-10(9)7-15-14(20)16(8-13(18)19)11-2-4-12(17)5-3-11/h2-5,9-10,17H,6-8H2,1H3,(H,15,20)(H,18,19). The molecule has 6 nitrogen and oxygen atoms in total. The number of rotatable bonds is 5. The maximum atomic E-state index is 12.1. The number of nitrogens with zero attached hydrogens (tertiary/aromatic N) is 1. The van der Waals surface area contributed by atoms with Crippen molar-refractivity contribution >= 4 is 17.7 Å². The van der Waals surface area contributed by atoms with Crippen molar-refractivity contribution in [1.29, 1.82) is 0 Å². The van der Waals surface area contributed by atoms with Crippen LogP contribution in [0.1, 0.15) is 13.3 Å². The van der Waals surface area contributed by atoms with Gasteiger partial charge in [0.25, 0.3) is 0 Å². The van der Waals surface area contributed by atoms with E-state index in [1.54, 1.807) is 0 Å². The molecule has 1 fully saturated rings. The number of hydrogen-bond acceptors (Lipinski definition) is 3. The molecule has 1 aromatic carbocycles. The van der Waals surface area contributed by atoms with Crippen molar-refractivity contribution in [2.24, 2.45) is 11.8 Å². The highest BCUT2D eigenvalue weighted by molar-refractivity contribution is 5.96. The number of urea groups is 1. The molecule has 1 aliphatic carbocycles. The zero-order chi connectivity index (χ0) is 14.7. The van der Waals surface area contributed by atoms with Gasteiger partial charge in [0, 0.05) is 12.2 Å². The van der Waals surface area contributed by atoms with Crippen LogP contribution in [0.15, 0.2) is 24.3 Å². The van der Waals surface area contributed by atoms with E-state index in [9.17, 15) is 14.7 Å². The fourth-order valence-electron chi connectivity index (χ4n) is 2.05. The van der Waals surface area contributed by atoms with Gasteiger partial charge in [-0.1, -0.05) is 6.92 Å². The maximum absolute atomic E-state index is 12.1. The van der Waals surface area contributed by atoms with E-state index < -0.39 is 18.5 Å². The lowest BCUT2D eigenvalue weighted by Crippen LogP contribution is -2.43. The first kappa shape index (κ1) is 14.2. The second-order valence-electron chi connectivity index (χ2n) is 5.16. The first-order valence-electron chi connectivity index (χ1n) is 6.53. The van der Waals surface area contributed by atoms with Crippen molar-refractivity contribution in [3.8, 4) is 5.75 Å². The summed E-state index contributed by atoms with van der Waals surface area (Å²) in [5.41, 5.74) is 0.437. The molecule has 3 N–H and O–H groups in total. The molecule has 0 radical (unpaired) electrons. The Labute approximate surface area is 117 Å². The Hall–Kier alpha value is -2.24. The number of carboxylic acids is 1. The van der Waals surface area contributed by atoms with Gasteiger partial charge >= 0.3 is 12.0 Å². The first-order valence-corrected chi connectivity index (χ1v) is 6.53. The van der Waals surface area contributed by atoms with Crippen LogP contribution in [0.5, 0.6) is 5.75 Å². The highest BCUT2D eigenvalue weighted by Crippen LogP contribution is 2.36. The van der Waals surface area contributed by atoms with E-state index in [4.69, 9.17) is 5.11 Å². The van der Waals surface area contributed by atoms with Crippen molar-refractivity contribution in [1.82, 2.24) is 5.32 Å². The van der Waals surface area contributed by atoms with Crippen LogP contribution in [-0.4, -0.2) is 35.3 Å². The molecule has 0 heterocycles. The van der Waals surface area contributed by atoms with Crippen molar-refractivity contribution in [3.63, 3.8) is 0 Å². The molecule has 2 unspecified atom stereocenters. The number of nitrogens with one attached hydrogen (secondary N) is 1. The van der Waals surface area contributed by atoms with Gasteiger partial charge in [0.2, 0.25) is 0 Å². The number of carbonyl (C=O) groups excluding carboxylic acids is 1. The molecular formula is C14H18N2O4. The van der Waals surface area contributed by atoms with Gasteiger partial charge in [0.1, 0.15) is 12.3 Å². The molecule has 1 aromatic rings. The van der Waals surface area contributed by atoms with Gasteiger partial charge in [-0.25, -0.2) is 4.79 Å². The second-order valence-corrected chi connectivity index (χ2v) is 5.16. The number of benzene rings is 1. The number of amides is 2. The number of aromatic hydroxyl groups is 1. The molecule has 6 heteroatoms. The molecule has 0 bridgehead atoms. The number of carbonyl (C=O) groups is 2. The van der Waals surface area contributed by atoms with Crippen molar-refractivity contribution in [2.45, 2.75) is 13.3 Å². The largest absolute Gasteiger partial charge is 0.508 e. The van der Waals surface area contributed by atoms with E-state index in [2.05, 4.69) is 12.2 Å². The van der Waals surface area contributed by atoms with Crippen LogP contribution in [-0.2, 0) is 4.79 Å². The lowest BCUT2D eigenvalue weighted by molar-refractivity contribution is -0.135. The Balaban J connectivity index is 2.03.